The number of carbonyl (C=O) groups is 1. The van der Waals surface area contributed by atoms with Gasteiger partial charge in [-0.25, -0.2) is 0 Å². The van der Waals surface area contributed by atoms with Crippen LogP contribution in [0.3, 0.4) is 0 Å². The standard InChI is InChI=1S/C11H21NO4/c1-6-9(14)8(5-15-7(2)13)16-11(3,4)10(6)12/h6,8-10,14H,5,12H2,1-4H3. The molecule has 4 unspecified atom stereocenters. The van der Waals surface area contributed by atoms with Crippen LogP contribution in [-0.2, 0) is 14.3 Å². The van der Waals surface area contributed by atoms with E-state index in [2.05, 4.69) is 0 Å². The number of hydrogen-bond acceptors (Lipinski definition) is 5. The predicted molar refractivity (Wildman–Crippen MR) is 58.7 cm³/mol. The summed E-state index contributed by atoms with van der Waals surface area (Å²) in [7, 11) is 0. The van der Waals surface area contributed by atoms with E-state index in [0.717, 1.165) is 0 Å². The van der Waals surface area contributed by atoms with Crippen LogP contribution in [-0.4, -0.2) is 41.5 Å². The lowest BCUT2D eigenvalue weighted by Crippen LogP contribution is -2.62. The summed E-state index contributed by atoms with van der Waals surface area (Å²) in [6.45, 7) is 7.02. The number of esters is 1. The Morgan fingerprint density at radius 3 is 2.62 bits per heavy atom. The normalized spacial score (nSPS) is 38.1. The second kappa shape index (κ2) is 4.69. The summed E-state index contributed by atoms with van der Waals surface area (Å²) in [6.07, 6.45) is -1.21. The van der Waals surface area contributed by atoms with E-state index in [4.69, 9.17) is 15.2 Å². The lowest BCUT2D eigenvalue weighted by atomic mass is 9.80. The van der Waals surface area contributed by atoms with Gasteiger partial charge in [-0.3, -0.25) is 4.79 Å². The zero-order valence-electron chi connectivity index (χ0n) is 10.3. The molecule has 1 fully saturated rings. The molecule has 5 heteroatoms. The highest BCUT2D eigenvalue weighted by Gasteiger charge is 2.45. The van der Waals surface area contributed by atoms with E-state index in [9.17, 15) is 9.90 Å². The van der Waals surface area contributed by atoms with Gasteiger partial charge >= 0.3 is 5.97 Å². The summed E-state index contributed by atoms with van der Waals surface area (Å²) in [5.41, 5.74) is 5.45. The van der Waals surface area contributed by atoms with E-state index in [0.29, 0.717) is 0 Å². The van der Waals surface area contributed by atoms with Crippen molar-refractivity contribution in [3.63, 3.8) is 0 Å². The van der Waals surface area contributed by atoms with Gasteiger partial charge in [0.05, 0.1) is 11.7 Å². The molecule has 0 radical (unpaired) electrons. The van der Waals surface area contributed by atoms with Crippen LogP contribution < -0.4 is 5.73 Å². The summed E-state index contributed by atoms with van der Waals surface area (Å²) < 4.78 is 10.5. The van der Waals surface area contributed by atoms with Gasteiger partial charge < -0.3 is 20.3 Å². The van der Waals surface area contributed by atoms with E-state index in [1.807, 2.05) is 20.8 Å². The molecule has 0 spiro atoms. The zero-order chi connectivity index (χ0) is 12.5. The molecule has 5 nitrogen and oxygen atoms in total. The zero-order valence-corrected chi connectivity index (χ0v) is 10.3. The van der Waals surface area contributed by atoms with Gasteiger partial charge in [0.25, 0.3) is 0 Å². The minimum atomic E-state index is -0.706. The minimum absolute atomic E-state index is 0.0665. The number of aliphatic hydroxyl groups excluding tert-OH is 1. The molecule has 94 valence electrons. The fourth-order valence-corrected chi connectivity index (χ4v) is 2.05. The van der Waals surface area contributed by atoms with E-state index in [1.54, 1.807) is 0 Å². The molecule has 0 aromatic heterocycles. The highest BCUT2D eigenvalue weighted by atomic mass is 16.6. The summed E-state index contributed by atoms with van der Waals surface area (Å²) in [6, 6.07) is -0.240. The Kier molecular flexibility index (Phi) is 3.93. The number of aliphatic hydroxyl groups is 1. The average molecular weight is 231 g/mol. The van der Waals surface area contributed by atoms with E-state index < -0.39 is 17.8 Å². The maximum Gasteiger partial charge on any atom is 0.302 e. The van der Waals surface area contributed by atoms with Crippen LogP contribution in [0.25, 0.3) is 0 Å². The second-order valence-corrected chi connectivity index (χ2v) is 4.94. The van der Waals surface area contributed by atoms with E-state index >= 15 is 0 Å². The first-order valence-corrected chi connectivity index (χ1v) is 5.50. The molecule has 0 bridgehead atoms. The predicted octanol–water partition coefficient (Wildman–Crippen LogP) is 0.0512. The minimum Gasteiger partial charge on any atom is -0.463 e. The molecule has 1 saturated heterocycles. The molecule has 0 aromatic carbocycles. The molecular weight excluding hydrogens is 210 g/mol. The summed E-state index contributed by atoms with van der Waals surface area (Å²) in [5, 5.41) is 9.96. The Morgan fingerprint density at radius 1 is 1.56 bits per heavy atom. The van der Waals surface area contributed by atoms with E-state index in [-0.39, 0.29) is 24.5 Å². The molecule has 1 aliphatic rings. The summed E-state index contributed by atoms with van der Waals surface area (Å²) in [4.78, 5) is 10.7. The number of ether oxygens (including phenoxy) is 2. The number of hydrogen-bond donors (Lipinski definition) is 2. The molecule has 1 aliphatic heterocycles. The topological polar surface area (TPSA) is 81.8 Å². The van der Waals surface area contributed by atoms with Crippen LogP contribution >= 0.6 is 0 Å². The summed E-state index contributed by atoms with van der Waals surface area (Å²) >= 11 is 0. The summed E-state index contributed by atoms with van der Waals surface area (Å²) in [5.74, 6) is -0.472. The lowest BCUT2D eigenvalue weighted by Gasteiger charge is -2.47. The Balaban J connectivity index is 2.68. The molecule has 0 saturated carbocycles. The van der Waals surface area contributed by atoms with Crippen LogP contribution in [0.5, 0.6) is 0 Å². The number of nitrogens with two attached hydrogens (primary N) is 1. The van der Waals surface area contributed by atoms with Crippen molar-refractivity contribution in [2.75, 3.05) is 6.61 Å². The van der Waals surface area contributed by atoms with Gasteiger partial charge in [-0.05, 0) is 13.8 Å². The first-order valence-electron chi connectivity index (χ1n) is 5.50. The van der Waals surface area contributed by atoms with E-state index in [1.165, 1.54) is 6.92 Å². The SMILES string of the molecule is CC(=O)OCC1OC(C)(C)C(N)C(C)C1O. The van der Waals surface area contributed by atoms with Crippen molar-refractivity contribution in [1.29, 1.82) is 0 Å². The molecule has 0 aromatic rings. The molecular formula is C11H21NO4. The Labute approximate surface area is 95.9 Å². The molecule has 4 atom stereocenters. The third kappa shape index (κ3) is 2.72. The van der Waals surface area contributed by atoms with Crippen molar-refractivity contribution >= 4 is 5.97 Å². The van der Waals surface area contributed by atoms with Crippen LogP contribution in [0, 0.1) is 5.92 Å². The Bertz CT molecular complexity index is 267. The number of carbonyl (C=O) groups excluding carboxylic acids is 1. The van der Waals surface area contributed by atoms with Crippen LogP contribution in [0.2, 0.25) is 0 Å². The smallest absolute Gasteiger partial charge is 0.302 e. The quantitative estimate of drug-likeness (QED) is 0.656. The average Bonchev–Trinajstić information content (AvgIpc) is 2.18. The molecule has 0 aliphatic carbocycles. The first-order chi connectivity index (χ1) is 7.25. The molecule has 1 heterocycles. The fourth-order valence-electron chi connectivity index (χ4n) is 2.05. The van der Waals surface area contributed by atoms with Crippen molar-refractivity contribution in [2.45, 2.75) is 51.5 Å². The van der Waals surface area contributed by atoms with Crippen LogP contribution in [0.4, 0.5) is 0 Å². The molecule has 1 rings (SSSR count). The molecule has 0 amide bonds. The maximum atomic E-state index is 10.7. The van der Waals surface area contributed by atoms with Crippen LogP contribution in [0.1, 0.15) is 27.7 Å². The highest BCUT2D eigenvalue weighted by Crippen LogP contribution is 2.31. The van der Waals surface area contributed by atoms with Gasteiger partial charge in [0.2, 0.25) is 0 Å². The molecule has 3 N–H and O–H groups in total. The van der Waals surface area contributed by atoms with Gasteiger partial charge in [0.1, 0.15) is 12.7 Å². The van der Waals surface area contributed by atoms with Gasteiger partial charge in [-0.2, -0.15) is 0 Å². The van der Waals surface area contributed by atoms with Gasteiger partial charge in [-0.1, -0.05) is 6.92 Å². The van der Waals surface area contributed by atoms with Crippen molar-refractivity contribution < 1.29 is 19.4 Å². The first kappa shape index (κ1) is 13.4. The monoisotopic (exact) mass is 231 g/mol. The third-order valence-electron chi connectivity index (χ3n) is 3.19. The van der Waals surface area contributed by atoms with Crippen molar-refractivity contribution in [3.05, 3.63) is 0 Å². The maximum absolute atomic E-state index is 10.7. The van der Waals surface area contributed by atoms with Gasteiger partial charge in [-0.15, -0.1) is 0 Å². The fraction of sp³-hybridized carbons (Fsp3) is 0.909. The van der Waals surface area contributed by atoms with Crippen molar-refractivity contribution in [3.8, 4) is 0 Å². The van der Waals surface area contributed by atoms with Crippen molar-refractivity contribution in [2.24, 2.45) is 11.7 Å². The highest BCUT2D eigenvalue weighted by molar-refractivity contribution is 5.65. The largest absolute Gasteiger partial charge is 0.463 e. The van der Waals surface area contributed by atoms with Crippen LogP contribution in [0.15, 0.2) is 0 Å². The number of rotatable bonds is 2. The Hall–Kier alpha value is -0.650. The van der Waals surface area contributed by atoms with Crippen molar-refractivity contribution in [1.82, 2.24) is 0 Å². The lowest BCUT2D eigenvalue weighted by molar-refractivity contribution is -0.207. The third-order valence-corrected chi connectivity index (χ3v) is 3.19. The second-order valence-electron chi connectivity index (χ2n) is 4.94. The van der Waals surface area contributed by atoms with Gasteiger partial charge in [0.15, 0.2) is 0 Å². The molecule has 16 heavy (non-hydrogen) atoms. The Morgan fingerprint density at radius 2 is 2.12 bits per heavy atom. The van der Waals surface area contributed by atoms with Gasteiger partial charge in [0, 0.05) is 18.9 Å².